The maximum Gasteiger partial charge on any atom is 0.265 e. The average Bonchev–Trinajstić information content (AvgIpc) is 3.20. The fourth-order valence-electron chi connectivity index (χ4n) is 2.56. The van der Waals surface area contributed by atoms with Crippen molar-refractivity contribution in [3.63, 3.8) is 0 Å². The van der Waals surface area contributed by atoms with Crippen molar-refractivity contribution in [1.29, 1.82) is 0 Å². The Bertz CT molecular complexity index is 1060. The molecule has 0 aliphatic rings. The van der Waals surface area contributed by atoms with Crippen LogP contribution in [0.25, 0.3) is 0 Å². The van der Waals surface area contributed by atoms with E-state index in [-0.39, 0.29) is 10.8 Å². The maximum atomic E-state index is 12.8. The molecule has 0 aliphatic carbocycles. The number of aryl methyl sites for hydroxylation is 1. The minimum absolute atomic E-state index is 0.102. The van der Waals surface area contributed by atoms with Crippen molar-refractivity contribution in [2.24, 2.45) is 0 Å². The smallest absolute Gasteiger partial charge is 0.265 e. The summed E-state index contributed by atoms with van der Waals surface area (Å²) in [7, 11) is -3.82. The molecule has 0 radical (unpaired) electrons. The molecule has 146 valence electrons. The number of nitrogens with one attached hydrogen (secondary N) is 2. The molecule has 28 heavy (non-hydrogen) atoms. The van der Waals surface area contributed by atoms with Crippen LogP contribution in [0.5, 0.6) is 5.75 Å². The number of hydrogen-bond donors (Lipinski definition) is 2. The van der Waals surface area contributed by atoms with Crippen LogP contribution in [0.15, 0.2) is 64.9 Å². The third-order valence-corrected chi connectivity index (χ3v) is 6.29. The number of hydrogen-bond acceptors (Lipinski definition) is 5. The van der Waals surface area contributed by atoms with Gasteiger partial charge in [-0.15, -0.1) is 11.3 Å². The third-order valence-electron chi connectivity index (χ3n) is 3.90. The molecule has 1 heterocycles. The highest BCUT2D eigenvalue weighted by Crippen LogP contribution is 2.25. The second-order valence-electron chi connectivity index (χ2n) is 5.97. The highest BCUT2D eigenvalue weighted by Gasteiger charge is 2.18. The molecule has 0 aliphatic heterocycles. The van der Waals surface area contributed by atoms with Crippen LogP contribution in [0.3, 0.4) is 0 Å². The van der Waals surface area contributed by atoms with Gasteiger partial charge in [0.25, 0.3) is 15.9 Å². The van der Waals surface area contributed by atoms with E-state index < -0.39 is 10.0 Å². The van der Waals surface area contributed by atoms with Crippen molar-refractivity contribution in [2.75, 3.05) is 16.6 Å². The van der Waals surface area contributed by atoms with Gasteiger partial charge in [0, 0.05) is 11.4 Å². The molecule has 0 spiro atoms. The normalized spacial score (nSPS) is 11.1. The largest absolute Gasteiger partial charge is 0.494 e. The summed E-state index contributed by atoms with van der Waals surface area (Å²) < 4.78 is 33.6. The van der Waals surface area contributed by atoms with Gasteiger partial charge >= 0.3 is 0 Å². The zero-order valence-corrected chi connectivity index (χ0v) is 17.1. The Labute approximate surface area is 168 Å². The molecule has 6 nitrogen and oxygen atoms in total. The van der Waals surface area contributed by atoms with Crippen LogP contribution >= 0.6 is 11.3 Å². The predicted molar refractivity (Wildman–Crippen MR) is 112 cm³/mol. The van der Waals surface area contributed by atoms with E-state index in [1.165, 1.54) is 17.4 Å². The van der Waals surface area contributed by atoms with Crippen LogP contribution in [0, 0.1) is 6.92 Å². The molecule has 1 aromatic heterocycles. The first-order chi connectivity index (χ1) is 13.4. The molecule has 3 aromatic rings. The number of sulfonamides is 1. The van der Waals surface area contributed by atoms with Crippen LogP contribution < -0.4 is 14.8 Å². The monoisotopic (exact) mass is 416 g/mol. The van der Waals surface area contributed by atoms with Crippen molar-refractivity contribution in [2.45, 2.75) is 18.7 Å². The van der Waals surface area contributed by atoms with Gasteiger partial charge in [-0.3, -0.25) is 9.52 Å². The molecule has 2 N–H and O–H groups in total. The summed E-state index contributed by atoms with van der Waals surface area (Å²) in [6.45, 7) is 4.12. The molecule has 0 saturated carbocycles. The lowest BCUT2D eigenvalue weighted by Crippen LogP contribution is -2.16. The van der Waals surface area contributed by atoms with E-state index in [0.29, 0.717) is 34.2 Å². The quantitative estimate of drug-likeness (QED) is 0.594. The highest BCUT2D eigenvalue weighted by molar-refractivity contribution is 7.92. The van der Waals surface area contributed by atoms with Crippen LogP contribution in [0.2, 0.25) is 0 Å². The van der Waals surface area contributed by atoms with E-state index in [1.54, 1.807) is 60.8 Å². The molecule has 0 fully saturated rings. The molecule has 0 saturated heterocycles. The van der Waals surface area contributed by atoms with Gasteiger partial charge in [-0.2, -0.15) is 0 Å². The zero-order valence-electron chi connectivity index (χ0n) is 15.4. The Hall–Kier alpha value is -2.84. The second-order valence-corrected chi connectivity index (χ2v) is 8.57. The summed E-state index contributed by atoms with van der Waals surface area (Å²) in [5, 5.41) is 4.54. The van der Waals surface area contributed by atoms with Gasteiger partial charge in [-0.25, -0.2) is 8.42 Å². The number of carbonyl (C=O) groups excluding carboxylic acids is 1. The number of anilines is 2. The van der Waals surface area contributed by atoms with Gasteiger partial charge < -0.3 is 10.1 Å². The second kappa shape index (κ2) is 8.45. The van der Waals surface area contributed by atoms with Gasteiger partial charge in [-0.05, 0) is 67.3 Å². The lowest BCUT2D eigenvalue weighted by atomic mass is 10.2. The number of ether oxygens (including phenoxy) is 1. The van der Waals surface area contributed by atoms with Gasteiger partial charge in [0.2, 0.25) is 0 Å². The minimum Gasteiger partial charge on any atom is -0.494 e. The first-order valence-corrected chi connectivity index (χ1v) is 11.0. The predicted octanol–water partition coefficient (Wildman–Crippen LogP) is 4.51. The molecular formula is C20H20N2O4S2. The van der Waals surface area contributed by atoms with E-state index in [9.17, 15) is 13.2 Å². The first kappa shape index (κ1) is 19.9. The van der Waals surface area contributed by atoms with Crippen molar-refractivity contribution < 1.29 is 17.9 Å². The summed E-state index contributed by atoms with van der Waals surface area (Å²) in [5.41, 5.74) is 1.42. The van der Waals surface area contributed by atoms with E-state index >= 15 is 0 Å². The Morgan fingerprint density at radius 1 is 1.07 bits per heavy atom. The van der Waals surface area contributed by atoms with Gasteiger partial charge in [0.15, 0.2) is 0 Å². The zero-order chi connectivity index (χ0) is 20.1. The molecule has 8 heteroatoms. The fourth-order valence-corrected chi connectivity index (χ4v) is 4.51. The Morgan fingerprint density at radius 3 is 2.43 bits per heavy atom. The van der Waals surface area contributed by atoms with Crippen molar-refractivity contribution >= 4 is 38.6 Å². The van der Waals surface area contributed by atoms with Crippen LogP contribution in [0.4, 0.5) is 11.4 Å². The van der Waals surface area contributed by atoms with Gasteiger partial charge in [-0.1, -0.05) is 12.1 Å². The summed E-state index contributed by atoms with van der Waals surface area (Å²) in [5.74, 6) is 0.390. The summed E-state index contributed by atoms with van der Waals surface area (Å²) in [6.07, 6.45) is 0. The van der Waals surface area contributed by atoms with Crippen molar-refractivity contribution in [3.05, 3.63) is 70.4 Å². The molecular weight excluding hydrogens is 396 g/mol. The first-order valence-electron chi connectivity index (χ1n) is 8.60. The minimum atomic E-state index is -3.82. The van der Waals surface area contributed by atoms with Gasteiger partial charge in [0.05, 0.1) is 16.4 Å². The van der Waals surface area contributed by atoms with E-state index in [4.69, 9.17) is 4.74 Å². The summed E-state index contributed by atoms with van der Waals surface area (Å²) in [6, 6.07) is 15.0. The maximum absolute atomic E-state index is 12.8. The molecule has 0 atom stereocenters. The summed E-state index contributed by atoms with van der Waals surface area (Å²) in [4.78, 5) is 12.9. The molecule has 0 bridgehead atoms. The number of amides is 1. The molecule has 0 unspecified atom stereocenters. The number of thiophene rings is 1. The van der Waals surface area contributed by atoms with Crippen LogP contribution in [0.1, 0.15) is 22.2 Å². The lowest BCUT2D eigenvalue weighted by molar-refractivity contribution is 0.103. The third kappa shape index (κ3) is 4.71. The van der Waals surface area contributed by atoms with Crippen molar-refractivity contribution in [3.8, 4) is 5.75 Å². The number of benzene rings is 2. The van der Waals surface area contributed by atoms with Gasteiger partial charge in [0.1, 0.15) is 5.75 Å². The van der Waals surface area contributed by atoms with E-state index in [1.807, 2.05) is 6.92 Å². The average molecular weight is 417 g/mol. The standard InChI is InChI=1S/C20H20N2O4S2/c1-3-26-17-10-8-15(9-11-17)22-28(24,25)19-13-16(7-6-14(19)2)21-20(23)18-5-4-12-27-18/h4-13,22H,3H2,1-2H3,(H,21,23). The van der Waals surface area contributed by atoms with Crippen LogP contribution in [-0.2, 0) is 10.0 Å². The molecule has 3 rings (SSSR count). The summed E-state index contributed by atoms with van der Waals surface area (Å²) >= 11 is 1.32. The van der Waals surface area contributed by atoms with E-state index in [2.05, 4.69) is 10.0 Å². The van der Waals surface area contributed by atoms with E-state index in [0.717, 1.165) is 0 Å². The molecule has 1 amide bonds. The number of rotatable bonds is 7. The topological polar surface area (TPSA) is 84.5 Å². The Kier molecular flexibility index (Phi) is 6.01. The fraction of sp³-hybridized carbons (Fsp3) is 0.150. The Morgan fingerprint density at radius 2 is 1.79 bits per heavy atom. The number of carbonyl (C=O) groups is 1. The lowest BCUT2D eigenvalue weighted by Gasteiger charge is -2.13. The SMILES string of the molecule is CCOc1ccc(NS(=O)(=O)c2cc(NC(=O)c3cccs3)ccc2C)cc1. The highest BCUT2D eigenvalue weighted by atomic mass is 32.2. The molecule has 2 aromatic carbocycles. The Balaban J connectivity index is 1.81. The van der Waals surface area contributed by atoms with Crippen molar-refractivity contribution in [1.82, 2.24) is 0 Å². The van der Waals surface area contributed by atoms with Crippen LogP contribution in [-0.4, -0.2) is 20.9 Å².